The second kappa shape index (κ2) is 7.33. The molecule has 0 spiro atoms. The predicted molar refractivity (Wildman–Crippen MR) is 73.1 cm³/mol. The van der Waals surface area contributed by atoms with Crippen molar-refractivity contribution < 1.29 is 14.7 Å². The minimum absolute atomic E-state index is 0.122. The van der Waals surface area contributed by atoms with Crippen LogP contribution in [0.5, 0.6) is 0 Å². The summed E-state index contributed by atoms with van der Waals surface area (Å²) in [6, 6.07) is -1.08. The number of hydrogen-bond donors (Lipinski definition) is 2. The van der Waals surface area contributed by atoms with Gasteiger partial charge in [0.1, 0.15) is 6.04 Å². The number of rotatable bonds is 5. The smallest absolute Gasteiger partial charge is 0.326 e. The van der Waals surface area contributed by atoms with Gasteiger partial charge in [0, 0.05) is 26.2 Å². The Hall–Kier alpha value is -1.30. The van der Waals surface area contributed by atoms with Crippen molar-refractivity contribution in [1.29, 1.82) is 0 Å². The van der Waals surface area contributed by atoms with Crippen LogP contribution in [0, 0.1) is 5.92 Å². The molecule has 1 rings (SSSR count). The Morgan fingerprint density at radius 2 is 1.79 bits per heavy atom. The SMILES string of the molecule is CCCN1CCN(C(=O)N[C@@H](C(=O)O)C(C)C)CC1. The molecular weight excluding hydrogens is 246 g/mol. The van der Waals surface area contributed by atoms with E-state index in [9.17, 15) is 9.59 Å². The summed E-state index contributed by atoms with van der Waals surface area (Å²) in [5.74, 6) is -1.10. The highest BCUT2D eigenvalue weighted by Crippen LogP contribution is 2.06. The highest BCUT2D eigenvalue weighted by Gasteiger charge is 2.27. The Morgan fingerprint density at radius 1 is 1.21 bits per heavy atom. The van der Waals surface area contributed by atoms with Gasteiger partial charge in [-0.3, -0.25) is 4.90 Å². The summed E-state index contributed by atoms with van der Waals surface area (Å²) in [5.41, 5.74) is 0. The molecule has 1 aliphatic heterocycles. The van der Waals surface area contributed by atoms with Gasteiger partial charge in [0.15, 0.2) is 0 Å². The van der Waals surface area contributed by atoms with E-state index in [1.807, 2.05) is 0 Å². The summed E-state index contributed by atoms with van der Waals surface area (Å²) < 4.78 is 0. The van der Waals surface area contributed by atoms with Crippen molar-refractivity contribution in [3.63, 3.8) is 0 Å². The lowest BCUT2D eigenvalue weighted by Gasteiger charge is -2.35. The predicted octanol–water partition coefficient (Wildman–Crippen LogP) is 0.833. The van der Waals surface area contributed by atoms with Crippen LogP contribution >= 0.6 is 0 Å². The van der Waals surface area contributed by atoms with E-state index in [1.165, 1.54) is 0 Å². The zero-order valence-electron chi connectivity index (χ0n) is 12.1. The van der Waals surface area contributed by atoms with Crippen molar-refractivity contribution in [3.8, 4) is 0 Å². The normalized spacial score (nSPS) is 18.4. The molecule has 0 radical (unpaired) electrons. The summed E-state index contributed by atoms with van der Waals surface area (Å²) in [6.45, 7) is 9.82. The number of carboxylic acid groups (broad SMARTS) is 1. The first-order chi connectivity index (χ1) is 8.95. The van der Waals surface area contributed by atoms with E-state index >= 15 is 0 Å². The van der Waals surface area contributed by atoms with Gasteiger partial charge in [0.05, 0.1) is 0 Å². The molecule has 0 aromatic carbocycles. The van der Waals surface area contributed by atoms with Gasteiger partial charge in [-0.05, 0) is 18.9 Å². The zero-order chi connectivity index (χ0) is 14.4. The quantitative estimate of drug-likeness (QED) is 0.777. The number of aliphatic carboxylic acids is 1. The summed E-state index contributed by atoms with van der Waals surface area (Å²) in [6.07, 6.45) is 1.11. The minimum atomic E-state index is -0.979. The van der Waals surface area contributed by atoms with E-state index in [0.717, 1.165) is 26.1 Å². The van der Waals surface area contributed by atoms with Gasteiger partial charge in [-0.25, -0.2) is 9.59 Å². The fraction of sp³-hybridized carbons (Fsp3) is 0.846. The van der Waals surface area contributed by atoms with E-state index in [2.05, 4.69) is 17.1 Å². The second-order valence-corrected chi connectivity index (χ2v) is 5.34. The third-order valence-electron chi connectivity index (χ3n) is 3.41. The minimum Gasteiger partial charge on any atom is -0.480 e. The molecule has 0 saturated carbocycles. The molecule has 0 unspecified atom stereocenters. The number of piperazine rings is 1. The number of carbonyl (C=O) groups excluding carboxylic acids is 1. The lowest BCUT2D eigenvalue weighted by atomic mass is 10.1. The van der Waals surface area contributed by atoms with Crippen LogP contribution in [-0.4, -0.2) is 65.7 Å². The average molecular weight is 271 g/mol. The Balaban J connectivity index is 2.44. The molecule has 1 aliphatic rings. The number of hydrogen-bond acceptors (Lipinski definition) is 3. The maximum Gasteiger partial charge on any atom is 0.326 e. The van der Waals surface area contributed by atoms with Crippen molar-refractivity contribution in [2.24, 2.45) is 5.92 Å². The molecule has 1 saturated heterocycles. The van der Waals surface area contributed by atoms with Crippen molar-refractivity contribution in [1.82, 2.24) is 15.1 Å². The summed E-state index contributed by atoms with van der Waals surface area (Å²) >= 11 is 0. The highest BCUT2D eigenvalue weighted by molar-refractivity contribution is 5.82. The maximum atomic E-state index is 12.0. The Kier molecular flexibility index (Phi) is 6.08. The number of carbonyl (C=O) groups is 2. The third-order valence-corrected chi connectivity index (χ3v) is 3.41. The largest absolute Gasteiger partial charge is 0.480 e. The monoisotopic (exact) mass is 271 g/mol. The van der Waals surface area contributed by atoms with E-state index in [0.29, 0.717) is 13.1 Å². The van der Waals surface area contributed by atoms with E-state index < -0.39 is 12.0 Å². The van der Waals surface area contributed by atoms with Gasteiger partial charge in [0.25, 0.3) is 0 Å². The second-order valence-electron chi connectivity index (χ2n) is 5.34. The lowest BCUT2D eigenvalue weighted by Crippen LogP contribution is -2.55. The molecule has 110 valence electrons. The van der Waals surface area contributed by atoms with E-state index in [1.54, 1.807) is 18.7 Å². The van der Waals surface area contributed by atoms with Crippen molar-refractivity contribution >= 4 is 12.0 Å². The number of nitrogens with zero attached hydrogens (tertiary/aromatic N) is 2. The maximum absolute atomic E-state index is 12.0. The molecule has 0 bridgehead atoms. The van der Waals surface area contributed by atoms with Crippen molar-refractivity contribution in [3.05, 3.63) is 0 Å². The third kappa shape index (κ3) is 4.70. The van der Waals surface area contributed by atoms with Crippen LogP contribution in [0.15, 0.2) is 0 Å². The Morgan fingerprint density at radius 3 is 2.21 bits per heavy atom. The first kappa shape index (κ1) is 15.8. The van der Waals surface area contributed by atoms with Crippen LogP contribution in [0.2, 0.25) is 0 Å². The fourth-order valence-electron chi connectivity index (χ4n) is 2.23. The summed E-state index contributed by atoms with van der Waals surface area (Å²) in [5, 5.41) is 11.7. The van der Waals surface area contributed by atoms with Crippen LogP contribution in [-0.2, 0) is 4.79 Å². The molecule has 0 aliphatic carbocycles. The Labute approximate surface area is 114 Å². The number of amides is 2. The molecule has 6 nitrogen and oxygen atoms in total. The van der Waals surface area contributed by atoms with E-state index in [-0.39, 0.29) is 11.9 Å². The number of urea groups is 1. The molecule has 1 fully saturated rings. The number of nitrogens with one attached hydrogen (secondary N) is 1. The van der Waals surface area contributed by atoms with Crippen LogP contribution in [0.25, 0.3) is 0 Å². The molecule has 2 N–H and O–H groups in total. The van der Waals surface area contributed by atoms with Crippen LogP contribution in [0.3, 0.4) is 0 Å². The van der Waals surface area contributed by atoms with Gasteiger partial charge >= 0.3 is 12.0 Å². The van der Waals surface area contributed by atoms with E-state index in [4.69, 9.17) is 5.11 Å². The van der Waals surface area contributed by atoms with Crippen molar-refractivity contribution in [2.45, 2.75) is 33.2 Å². The molecule has 2 amide bonds. The molecule has 19 heavy (non-hydrogen) atoms. The highest BCUT2D eigenvalue weighted by atomic mass is 16.4. The van der Waals surface area contributed by atoms with Gasteiger partial charge in [0.2, 0.25) is 0 Å². The first-order valence-electron chi connectivity index (χ1n) is 6.96. The van der Waals surface area contributed by atoms with Gasteiger partial charge in [-0.1, -0.05) is 20.8 Å². The lowest BCUT2D eigenvalue weighted by molar-refractivity contribution is -0.140. The Bertz CT molecular complexity index is 312. The summed E-state index contributed by atoms with van der Waals surface area (Å²) in [7, 11) is 0. The molecule has 1 atom stereocenters. The summed E-state index contributed by atoms with van der Waals surface area (Å²) in [4.78, 5) is 27.1. The number of carboxylic acids is 1. The molecular formula is C13H25N3O3. The van der Waals surface area contributed by atoms with Gasteiger partial charge in [-0.15, -0.1) is 0 Å². The van der Waals surface area contributed by atoms with Crippen LogP contribution < -0.4 is 5.32 Å². The molecule has 0 aromatic rings. The van der Waals surface area contributed by atoms with Gasteiger partial charge in [-0.2, -0.15) is 0 Å². The van der Waals surface area contributed by atoms with Crippen molar-refractivity contribution in [2.75, 3.05) is 32.7 Å². The average Bonchev–Trinajstić information content (AvgIpc) is 2.36. The zero-order valence-corrected chi connectivity index (χ0v) is 12.1. The van der Waals surface area contributed by atoms with Crippen LogP contribution in [0.4, 0.5) is 4.79 Å². The first-order valence-corrected chi connectivity index (χ1v) is 6.96. The molecule has 0 aromatic heterocycles. The standard InChI is InChI=1S/C13H25N3O3/c1-4-5-15-6-8-16(9-7-15)13(19)14-11(10(2)3)12(17)18/h10-11H,4-9H2,1-3H3,(H,14,19)(H,17,18)/t11-/m1/s1. The van der Waals surface area contributed by atoms with Gasteiger partial charge < -0.3 is 15.3 Å². The molecule has 6 heteroatoms. The topological polar surface area (TPSA) is 72.9 Å². The molecule has 1 heterocycles. The van der Waals surface area contributed by atoms with Crippen LogP contribution in [0.1, 0.15) is 27.2 Å². The fourth-order valence-corrected chi connectivity index (χ4v) is 2.23.